The monoisotopic (exact) mass is 234 g/mol. The molecule has 2 N–H and O–H groups in total. The average molecular weight is 234 g/mol. The van der Waals surface area contributed by atoms with E-state index in [-0.39, 0.29) is 12.6 Å². The van der Waals surface area contributed by atoms with Crippen molar-refractivity contribution in [1.29, 1.82) is 0 Å². The first-order valence-corrected chi connectivity index (χ1v) is 6.05. The fourth-order valence-electron chi connectivity index (χ4n) is 1.52. The summed E-state index contributed by atoms with van der Waals surface area (Å²) in [4.78, 5) is 4.19. The molecular weight excluding hydrogens is 220 g/mol. The number of rotatable bonds is 5. The lowest BCUT2D eigenvalue weighted by Crippen LogP contribution is -2.23. The SMILES string of the molecule is OC[C@H](NCc1nccs1)c1ccccc1. The number of aliphatic hydroxyl groups is 1. The van der Waals surface area contributed by atoms with E-state index < -0.39 is 0 Å². The summed E-state index contributed by atoms with van der Waals surface area (Å²) in [6.45, 7) is 0.785. The van der Waals surface area contributed by atoms with Gasteiger partial charge in [-0.15, -0.1) is 11.3 Å². The van der Waals surface area contributed by atoms with Gasteiger partial charge < -0.3 is 10.4 Å². The molecule has 0 amide bonds. The van der Waals surface area contributed by atoms with Crippen molar-refractivity contribution in [1.82, 2.24) is 10.3 Å². The van der Waals surface area contributed by atoms with E-state index >= 15 is 0 Å². The molecule has 2 rings (SSSR count). The molecule has 16 heavy (non-hydrogen) atoms. The molecule has 1 atom stereocenters. The number of hydrogen-bond donors (Lipinski definition) is 2. The van der Waals surface area contributed by atoms with Crippen molar-refractivity contribution in [2.75, 3.05) is 6.61 Å². The third-order valence-electron chi connectivity index (χ3n) is 2.37. The number of nitrogens with one attached hydrogen (secondary N) is 1. The van der Waals surface area contributed by atoms with Crippen LogP contribution < -0.4 is 5.32 Å². The summed E-state index contributed by atoms with van der Waals surface area (Å²) in [5.74, 6) is 0. The lowest BCUT2D eigenvalue weighted by molar-refractivity contribution is 0.243. The second-order valence-electron chi connectivity index (χ2n) is 3.45. The zero-order chi connectivity index (χ0) is 11.2. The van der Waals surface area contributed by atoms with Crippen molar-refractivity contribution >= 4 is 11.3 Å². The molecule has 0 saturated heterocycles. The molecule has 0 aliphatic carbocycles. The van der Waals surface area contributed by atoms with Crippen LogP contribution in [-0.4, -0.2) is 16.7 Å². The van der Waals surface area contributed by atoms with Crippen molar-refractivity contribution in [3.8, 4) is 0 Å². The maximum absolute atomic E-state index is 9.33. The second-order valence-corrected chi connectivity index (χ2v) is 4.43. The molecular formula is C12H14N2OS. The first-order valence-electron chi connectivity index (χ1n) is 5.17. The van der Waals surface area contributed by atoms with Crippen molar-refractivity contribution in [2.24, 2.45) is 0 Å². The third kappa shape index (κ3) is 2.88. The van der Waals surface area contributed by atoms with Crippen LogP contribution in [0.15, 0.2) is 41.9 Å². The fraction of sp³-hybridized carbons (Fsp3) is 0.250. The van der Waals surface area contributed by atoms with Gasteiger partial charge in [0, 0.05) is 18.1 Å². The molecule has 1 aromatic heterocycles. The molecule has 0 unspecified atom stereocenters. The highest BCUT2D eigenvalue weighted by Gasteiger charge is 2.09. The number of benzene rings is 1. The van der Waals surface area contributed by atoms with E-state index in [1.807, 2.05) is 35.7 Å². The predicted octanol–water partition coefficient (Wildman–Crippen LogP) is 1.97. The molecule has 0 bridgehead atoms. The summed E-state index contributed by atoms with van der Waals surface area (Å²) in [6.07, 6.45) is 1.79. The summed E-state index contributed by atoms with van der Waals surface area (Å²) in [7, 11) is 0. The Balaban J connectivity index is 1.96. The number of hydrogen-bond acceptors (Lipinski definition) is 4. The third-order valence-corrected chi connectivity index (χ3v) is 3.15. The minimum Gasteiger partial charge on any atom is -0.394 e. The molecule has 0 fully saturated rings. The van der Waals surface area contributed by atoms with Crippen LogP contribution in [-0.2, 0) is 6.54 Å². The van der Waals surface area contributed by atoms with Gasteiger partial charge in [-0.1, -0.05) is 30.3 Å². The van der Waals surface area contributed by atoms with Crippen LogP contribution in [0.25, 0.3) is 0 Å². The number of nitrogens with zero attached hydrogens (tertiary/aromatic N) is 1. The van der Waals surface area contributed by atoms with Crippen LogP contribution in [0.4, 0.5) is 0 Å². The maximum atomic E-state index is 9.33. The van der Waals surface area contributed by atoms with Gasteiger partial charge in [-0.2, -0.15) is 0 Å². The van der Waals surface area contributed by atoms with Crippen molar-refractivity contribution in [3.63, 3.8) is 0 Å². The van der Waals surface area contributed by atoms with E-state index in [0.717, 1.165) is 10.6 Å². The molecule has 0 saturated carbocycles. The van der Waals surface area contributed by atoms with Crippen LogP contribution in [0.5, 0.6) is 0 Å². The quantitative estimate of drug-likeness (QED) is 0.831. The van der Waals surface area contributed by atoms with E-state index in [1.54, 1.807) is 17.5 Å². The number of thiazole rings is 1. The predicted molar refractivity (Wildman–Crippen MR) is 65.2 cm³/mol. The van der Waals surface area contributed by atoms with Crippen molar-refractivity contribution < 1.29 is 5.11 Å². The molecule has 0 aliphatic rings. The topological polar surface area (TPSA) is 45.1 Å². The average Bonchev–Trinajstić information content (AvgIpc) is 2.84. The lowest BCUT2D eigenvalue weighted by atomic mass is 10.1. The first kappa shape index (κ1) is 11.3. The summed E-state index contributed by atoms with van der Waals surface area (Å²) in [5, 5.41) is 15.6. The summed E-state index contributed by atoms with van der Waals surface area (Å²) < 4.78 is 0. The molecule has 4 heteroatoms. The van der Waals surface area contributed by atoms with Gasteiger partial charge in [-0.3, -0.25) is 0 Å². The van der Waals surface area contributed by atoms with Crippen LogP contribution in [0.2, 0.25) is 0 Å². The Labute approximate surface area is 98.8 Å². The molecule has 1 aromatic carbocycles. The van der Waals surface area contributed by atoms with E-state index in [0.29, 0.717) is 6.54 Å². The molecule has 84 valence electrons. The zero-order valence-electron chi connectivity index (χ0n) is 8.84. The highest BCUT2D eigenvalue weighted by Crippen LogP contribution is 2.13. The Hall–Kier alpha value is -1.23. The van der Waals surface area contributed by atoms with Gasteiger partial charge in [-0.05, 0) is 5.56 Å². The Kier molecular flexibility index (Phi) is 4.04. The minimum atomic E-state index is -0.0231. The lowest BCUT2D eigenvalue weighted by Gasteiger charge is -2.15. The van der Waals surface area contributed by atoms with Crippen LogP contribution in [0.1, 0.15) is 16.6 Å². The largest absolute Gasteiger partial charge is 0.394 e. The zero-order valence-corrected chi connectivity index (χ0v) is 9.65. The molecule has 0 radical (unpaired) electrons. The molecule has 0 aliphatic heterocycles. The van der Waals surface area contributed by atoms with Gasteiger partial charge in [0.05, 0.1) is 12.6 Å². The molecule has 1 heterocycles. The fourth-order valence-corrected chi connectivity index (χ4v) is 2.09. The van der Waals surface area contributed by atoms with Crippen LogP contribution >= 0.6 is 11.3 Å². The van der Waals surface area contributed by atoms with E-state index in [9.17, 15) is 5.11 Å². The molecule has 3 nitrogen and oxygen atoms in total. The maximum Gasteiger partial charge on any atom is 0.106 e. The van der Waals surface area contributed by atoms with Gasteiger partial charge >= 0.3 is 0 Å². The molecule has 2 aromatic rings. The molecule has 0 spiro atoms. The van der Waals surface area contributed by atoms with Gasteiger partial charge in [0.1, 0.15) is 5.01 Å². The van der Waals surface area contributed by atoms with Crippen molar-refractivity contribution in [2.45, 2.75) is 12.6 Å². The normalized spacial score (nSPS) is 12.6. The first-order chi connectivity index (χ1) is 7.90. The van der Waals surface area contributed by atoms with Gasteiger partial charge in [0.15, 0.2) is 0 Å². The number of aliphatic hydroxyl groups excluding tert-OH is 1. The standard InChI is InChI=1S/C12H14N2OS/c15-9-11(10-4-2-1-3-5-10)14-8-12-13-6-7-16-12/h1-7,11,14-15H,8-9H2/t11-/m0/s1. The highest BCUT2D eigenvalue weighted by atomic mass is 32.1. The van der Waals surface area contributed by atoms with Crippen molar-refractivity contribution in [3.05, 3.63) is 52.5 Å². The Morgan fingerprint density at radius 3 is 2.75 bits per heavy atom. The van der Waals surface area contributed by atoms with Crippen LogP contribution in [0.3, 0.4) is 0 Å². The summed E-state index contributed by atoms with van der Waals surface area (Å²) in [5.41, 5.74) is 1.10. The minimum absolute atomic E-state index is 0.0231. The Bertz CT molecular complexity index is 402. The van der Waals surface area contributed by atoms with E-state index in [1.165, 1.54) is 0 Å². The number of aromatic nitrogens is 1. The summed E-state index contributed by atoms with van der Waals surface area (Å²) in [6, 6.07) is 9.92. The Morgan fingerprint density at radius 1 is 1.31 bits per heavy atom. The van der Waals surface area contributed by atoms with Crippen LogP contribution in [0, 0.1) is 0 Å². The van der Waals surface area contributed by atoms with Gasteiger partial charge in [0.2, 0.25) is 0 Å². The Morgan fingerprint density at radius 2 is 2.12 bits per heavy atom. The van der Waals surface area contributed by atoms with Gasteiger partial charge in [0.25, 0.3) is 0 Å². The second kappa shape index (κ2) is 5.75. The van der Waals surface area contributed by atoms with Gasteiger partial charge in [-0.25, -0.2) is 4.98 Å². The van der Waals surface area contributed by atoms with E-state index in [2.05, 4.69) is 10.3 Å². The van der Waals surface area contributed by atoms with E-state index in [4.69, 9.17) is 0 Å². The summed E-state index contributed by atoms with van der Waals surface area (Å²) >= 11 is 1.62. The highest BCUT2D eigenvalue weighted by molar-refractivity contribution is 7.09. The smallest absolute Gasteiger partial charge is 0.106 e.